The first kappa shape index (κ1) is 15.0. The first-order chi connectivity index (χ1) is 13.7. The van der Waals surface area contributed by atoms with Crippen molar-refractivity contribution in [2.45, 2.75) is 0 Å². The third-order valence-corrected chi connectivity index (χ3v) is 5.16. The Hall–Kier alpha value is -4.13. The molecule has 2 heterocycles. The lowest BCUT2D eigenvalue weighted by Crippen LogP contribution is -2.10. The second-order valence-electron chi connectivity index (χ2n) is 6.83. The summed E-state index contributed by atoms with van der Waals surface area (Å²) in [4.78, 5) is 25.9. The molecule has 0 aliphatic rings. The highest BCUT2D eigenvalue weighted by atomic mass is 16.1. The molecule has 0 bridgehead atoms. The number of imidazole rings is 1. The predicted molar refractivity (Wildman–Crippen MR) is 112 cm³/mol. The number of hydrogen-bond acceptors (Lipinski definition) is 5. The van der Waals surface area contributed by atoms with E-state index in [0.29, 0.717) is 5.95 Å². The summed E-state index contributed by atoms with van der Waals surface area (Å²) in [6.45, 7) is 0. The molecule has 28 heavy (non-hydrogen) atoms. The molecule has 0 radical (unpaired) electrons. The van der Waals surface area contributed by atoms with Gasteiger partial charge in [-0.05, 0) is 33.0 Å². The minimum absolute atomic E-state index is 0.0401. The molecule has 134 valence electrons. The van der Waals surface area contributed by atoms with Crippen molar-refractivity contribution in [1.82, 2.24) is 19.9 Å². The number of nitrogen functional groups attached to an aromatic ring is 1. The number of fused-ring (bicyclic) bond motifs is 1. The normalized spacial score (nSPS) is 11.9. The molecule has 4 aromatic carbocycles. The van der Waals surface area contributed by atoms with Crippen molar-refractivity contribution in [2.24, 2.45) is 0 Å². The molecule has 0 spiro atoms. The van der Waals surface area contributed by atoms with E-state index in [0.717, 1.165) is 11.1 Å². The van der Waals surface area contributed by atoms with Crippen LogP contribution in [0, 0.1) is 0 Å². The molecule has 6 aromatic rings. The number of nitrogens with one attached hydrogen (secondary N) is 3. The molecule has 0 unspecified atom stereocenters. The summed E-state index contributed by atoms with van der Waals surface area (Å²) in [5, 5.41) is 10.4. The standard InChI is InChI=1S/C21H14N6O/c22-20-25-18-17(19(28)27-20)24-21(26-18)23-14-9-7-12-5-4-10-2-1-3-11-6-8-13(14)16(12)15(10)11/h1-9H,(H5,22,23,24,25,26,27,28). The van der Waals surface area contributed by atoms with Gasteiger partial charge in [0.15, 0.2) is 11.2 Å². The number of benzene rings is 4. The number of hydrogen-bond donors (Lipinski definition) is 4. The van der Waals surface area contributed by atoms with E-state index in [1.807, 2.05) is 6.07 Å². The third kappa shape index (κ3) is 2.01. The Kier molecular flexibility index (Phi) is 2.78. The Morgan fingerprint density at radius 2 is 1.54 bits per heavy atom. The zero-order valence-electron chi connectivity index (χ0n) is 14.6. The summed E-state index contributed by atoms with van der Waals surface area (Å²) in [6.07, 6.45) is 0. The lowest BCUT2D eigenvalue weighted by molar-refractivity contribution is 1.17. The van der Waals surface area contributed by atoms with Crippen LogP contribution >= 0.6 is 0 Å². The number of aromatic amines is 2. The van der Waals surface area contributed by atoms with Gasteiger partial charge in [-0.1, -0.05) is 48.5 Å². The maximum Gasteiger partial charge on any atom is 0.278 e. The van der Waals surface area contributed by atoms with Gasteiger partial charge in [-0.15, -0.1) is 0 Å². The molecule has 0 saturated carbocycles. The monoisotopic (exact) mass is 366 g/mol. The number of anilines is 3. The topological polar surface area (TPSA) is 112 Å². The Labute approximate surface area is 157 Å². The van der Waals surface area contributed by atoms with Crippen LogP contribution in [0.3, 0.4) is 0 Å². The second kappa shape index (κ2) is 5.20. The molecule has 5 N–H and O–H groups in total. The molecule has 7 nitrogen and oxygen atoms in total. The van der Waals surface area contributed by atoms with Crippen LogP contribution in [0.15, 0.2) is 59.4 Å². The molecular weight excluding hydrogens is 352 g/mol. The van der Waals surface area contributed by atoms with E-state index >= 15 is 0 Å². The number of nitrogens with two attached hydrogens (primary N) is 1. The summed E-state index contributed by atoms with van der Waals surface area (Å²) in [5.74, 6) is 0.479. The highest BCUT2D eigenvalue weighted by Crippen LogP contribution is 2.38. The van der Waals surface area contributed by atoms with E-state index in [2.05, 4.69) is 73.8 Å². The van der Waals surface area contributed by atoms with E-state index in [1.165, 1.54) is 26.9 Å². The van der Waals surface area contributed by atoms with Crippen LogP contribution < -0.4 is 16.6 Å². The van der Waals surface area contributed by atoms with Crippen LogP contribution in [0.25, 0.3) is 43.5 Å². The molecule has 0 fully saturated rings. The molecule has 0 aliphatic carbocycles. The minimum Gasteiger partial charge on any atom is -0.369 e. The van der Waals surface area contributed by atoms with Crippen molar-refractivity contribution in [3.05, 3.63) is 65.0 Å². The first-order valence-electron chi connectivity index (χ1n) is 8.86. The first-order valence-corrected chi connectivity index (χ1v) is 8.86. The molecule has 0 aliphatic heterocycles. The molecular formula is C21H14N6O. The number of nitrogens with zero attached hydrogens (tertiary/aromatic N) is 2. The fraction of sp³-hybridized carbons (Fsp3) is 0. The third-order valence-electron chi connectivity index (χ3n) is 5.16. The van der Waals surface area contributed by atoms with Gasteiger partial charge in [0.25, 0.3) is 5.56 Å². The zero-order chi connectivity index (χ0) is 18.8. The van der Waals surface area contributed by atoms with Crippen LogP contribution in [0.1, 0.15) is 0 Å². The SMILES string of the molecule is Nc1nc2nc(Nc3ccc4ccc5cccc6ccc3c4c56)[nH]c2c(=O)[nH]1. The van der Waals surface area contributed by atoms with Crippen molar-refractivity contribution >= 4 is 61.1 Å². The smallest absolute Gasteiger partial charge is 0.278 e. The number of aromatic nitrogens is 4. The van der Waals surface area contributed by atoms with Crippen LogP contribution in [0.2, 0.25) is 0 Å². The molecule has 6 rings (SSSR count). The molecule has 2 aromatic heterocycles. The van der Waals surface area contributed by atoms with E-state index < -0.39 is 0 Å². The summed E-state index contributed by atoms with van der Waals surface area (Å²) in [5.41, 5.74) is 6.72. The van der Waals surface area contributed by atoms with Crippen molar-refractivity contribution in [1.29, 1.82) is 0 Å². The Morgan fingerprint density at radius 1 is 0.821 bits per heavy atom. The van der Waals surface area contributed by atoms with Crippen molar-refractivity contribution in [3.8, 4) is 0 Å². The maximum absolute atomic E-state index is 12.0. The van der Waals surface area contributed by atoms with Crippen molar-refractivity contribution < 1.29 is 0 Å². The Morgan fingerprint density at radius 3 is 2.36 bits per heavy atom. The highest BCUT2D eigenvalue weighted by Gasteiger charge is 2.13. The summed E-state index contributed by atoms with van der Waals surface area (Å²) in [7, 11) is 0. The van der Waals surface area contributed by atoms with Crippen LogP contribution in [-0.4, -0.2) is 19.9 Å². The molecule has 0 saturated heterocycles. The fourth-order valence-corrected chi connectivity index (χ4v) is 3.96. The summed E-state index contributed by atoms with van der Waals surface area (Å²) < 4.78 is 0. The van der Waals surface area contributed by atoms with Gasteiger partial charge < -0.3 is 16.0 Å². The van der Waals surface area contributed by atoms with E-state index in [1.54, 1.807) is 0 Å². The van der Waals surface area contributed by atoms with Crippen molar-refractivity contribution in [2.75, 3.05) is 11.1 Å². The minimum atomic E-state index is -0.349. The second-order valence-corrected chi connectivity index (χ2v) is 6.83. The quantitative estimate of drug-likeness (QED) is 0.348. The Bertz CT molecular complexity index is 1560. The van der Waals surface area contributed by atoms with Gasteiger partial charge in [-0.3, -0.25) is 9.78 Å². The largest absolute Gasteiger partial charge is 0.369 e. The summed E-state index contributed by atoms with van der Waals surface area (Å²) in [6, 6.07) is 19.0. The number of rotatable bonds is 2. The Balaban J connectivity index is 1.58. The van der Waals surface area contributed by atoms with Crippen LogP contribution in [0.4, 0.5) is 17.6 Å². The van der Waals surface area contributed by atoms with Gasteiger partial charge in [-0.25, -0.2) is 0 Å². The van der Waals surface area contributed by atoms with E-state index in [9.17, 15) is 4.79 Å². The van der Waals surface area contributed by atoms with Gasteiger partial charge in [0, 0.05) is 11.1 Å². The molecule has 0 atom stereocenters. The maximum atomic E-state index is 12.0. The van der Waals surface area contributed by atoms with Gasteiger partial charge >= 0.3 is 0 Å². The molecule has 0 amide bonds. The van der Waals surface area contributed by atoms with Crippen LogP contribution in [-0.2, 0) is 0 Å². The average Bonchev–Trinajstić information content (AvgIpc) is 3.10. The highest BCUT2D eigenvalue weighted by molar-refractivity contribution is 6.25. The van der Waals surface area contributed by atoms with Crippen LogP contribution in [0.5, 0.6) is 0 Å². The average molecular weight is 366 g/mol. The predicted octanol–water partition coefficient (Wildman–Crippen LogP) is 3.87. The number of H-pyrrole nitrogens is 2. The summed E-state index contributed by atoms with van der Waals surface area (Å²) >= 11 is 0. The van der Waals surface area contributed by atoms with Gasteiger partial charge in [-0.2, -0.15) is 9.97 Å². The lowest BCUT2D eigenvalue weighted by Gasteiger charge is -2.14. The van der Waals surface area contributed by atoms with Crippen molar-refractivity contribution in [3.63, 3.8) is 0 Å². The zero-order valence-corrected chi connectivity index (χ0v) is 14.6. The fourth-order valence-electron chi connectivity index (χ4n) is 3.96. The van der Waals surface area contributed by atoms with Gasteiger partial charge in [0.1, 0.15) is 0 Å². The lowest BCUT2D eigenvalue weighted by atomic mass is 9.93. The van der Waals surface area contributed by atoms with Gasteiger partial charge in [0.05, 0.1) is 0 Å². The van der Waals surface area contributed by atoms with E-state index in [-0.39, 0.29) is 22.7 Å². The van der Waals surface area contributed by atoms with Gasteiger partial charge in [0.2, 0.25) is 11.9 Å². The van der Waals surface area contributed by atoms with E-state index in [4.69, 9.17) is 5.73 Å². The molecule has 7 heteroatoms.